The van der Waals surface area contributed by atoms with E-state index in [0.717, 1.165) is 43.1 Å². The number of carbonyl (C=O) groups excluding carboxylic acids is 1. The Bertz CT molecular complexity index is 597. The van der Waals surface area contributed by atoms with Gasteiger partial charge in [-0.05, 0) is 38.3 Å². The van der Waals surface area contributed by atoms with Gasteiger partial charge in [-0.1, -0.05) is 18.2 Å². The smallest absolute Gasteiger partial charge is 0.314 e. The van der Waals surface area contributed by atoms with Crippen LogP contribution in [0, 0.1) is 6.92 Å². The molecule has 0 aromatic heterocycles. The second-order valence-electron chi connectivity index (χ2n) is 6.47. The van der Waals surface area contributed by atoms with E-state index in [1.807, 2.05) is 38.1 Å². The van der Waals surface area contributed by atoms with Crippen LogP contribution in [0.5, 0.6) is 5.75 Å². The third-order valence-electron chi connectivity index (χ3n) is 4.42. The summed E-state index contributed by atoms with van der Waals surface area (Å²) in [4.78, 5) is 17.5. The summed E-state index contributed by atoms with van der Waals surface area (Å²) in [7, 11) is 0. The Labute approximate surface area is 156 Å². The Hall–Kier alpha value is -2.44. The molecular weight excluding hydrogens is 330 g/mol. The molecule has 0 spiro atoms. The van der Waals surface area contributed by atoms with E-state index in [0.29, 0.717) is 32.3 Å². The molecule has 2 rings (SSSR count). The van der Waals surface area contributed by atoms with Gasteiger partial charge in [-0.15, -0.1) is 0 Å². The maximum Gasteiger partial charge on any atom is 0.314 e. The minimum atomic E-state index is -0.335. The first-order valence-corrected chi connectivity index (χ1v) is 9.37. The van der Waals surface area contributed by atoms with Gasteiger partial charge in [-0.25, -0.2) is 4.79 Å². The third kappa shape index (κ3) is 6.46. The van der Waals surface area contributed by atoms with Crippen LogP contribution >= 0.6 is 0 Å². The number of nitrogens with zero attached hydrogens (tertiary/aromatic N) is 2. The lowest BCUT2D eigenvalue weighted by Crippen LogP contribution is -2.50. The molecule has 0 radical (unpaired) electrons. The van der Waals surface area contributed by atoms with Crippen LogP contribution in [-0.4, -0.2) is 55.7 Å². The number of guanidine groups is 1. The van der Waals surface area contributed by atoms with Gasteiger partial charge in [0.1, 0.15) is 5.75 Å². The molecule has 1 fully saturated rings. The summed E-state index contributed by atoms with van der Waals surface area (Å²) in [6, 6.07) is 8.00. The van der Waals surface area contributed by atoms with Crippen molar-refractivity contribution in [1.82, 2.24) is 15.5 Å². The predicted molar refractivity (Wildman–Crippen MR) is 105 cm³/mol. The van der Waals surface area contributed by atoms with Gasteiger partial charge in [0.15, 0.2) is 5.96 Å². The first kappa shape index (κ1) is 19.9. The molecule has 26 heavy (non-hydrogen) atoms. The summed E-state index contributed by atoms with van der Waals surface area (Å²) in [5.41, 5.74) is 6.47. The molecule has 1 aromatic rings. The summed E-state index contributed by atoms with van der Waals surface area (Å²) in [5.74, 6) is 1.75. The van der Waals surface area contributed by atoms with Crippen molar-refractivity contribution in [3.63, 3.8) is 0 Å². The molecule has 0 saturated carbocycles. The largest absolute Gasteiger partial charge is 0.493 e. The van der Waals surface area contributed by atoms with Crippen LogP contribution in [0.3, 0.4) is 0 Å². The minimum Gasteiger partial charge on any atom is -0.493 e. The van der Waals surface area contributed by atoms with Crippen molar-refractivity contribution in [2.75, 3.05) is 32.8 Å². The summed E-state index contributed by atoms with van der Waals surface area (Å²) >= 11 is 0. The molecule has 1 aliphatic rings. The van der Waals surface area contributed by atoms with Crippen molar-refractivity contribution < 1.29 is 9.53 Å². The minimum absolute atomic E-state index is 0.312. The van der Waals surface area contributed by atoms with Gasteiger partial charge < -0.3 is 26.0 Å². The fourth-order valence-corrected chi connectivity index (χ4v) is 2.91. The Balaban J connectivity index is 1.72. The van der Waals surface area contributed by atoms with E-state index in [2.05, 4.69) is 15.6 Å². The van der Waals surface area contributed by atoms with E-state index in [1.165, 1.54) is 0 Å². The van der Waals surface area contributed by atoms with Gasteiger partial charge in [0.05, 0.1) is 6.61 Å². The molecule has 0 bridgehead atoms. The zero-order valence-electron chi connectivity index (χ0n) is 15.8. The Morgan fingerprint density at radius 2 is 2.08 bits per heavy atom. The third-order valence-corrected chi connectivity index (χ3v) is 4.42. The van der Waals surface area contributed by atoms with Crippen LogP contribution in [0.15, 0.2) is 29.3 Å². The highest BCUT2D eigenvalue weighted by Gasteiger charge is 2.21. The predicted octanol–water partition coefficient (Wildman–Crippen LogP) is 1.86. The Morgan fingerprint density at radius 3 is 2.73 bits per heavy atom. The number of aliphatic imine (C=N–C) groups is 1. The average molecular weight is 361 g/mol. The molecular formula is C19H31N5O2. The number of aryl methyl sites for hydroxylation is 1. The zero-order valence-corrected chi connectivity index (χ0v) is 15.8. The van der Waals surface area contributed by atoms with Crippen LogP contribution in [0.4, 0.5) is 4.79 Å². The molecule has 2 amide bonds. The summed E-state index contributed by atoms with van der Waals surface area (Å²) in [5, 5.41) is 6.73. The number of primary amides is 1. The molecule has 0 aliphatic carbocycles. The second kappa shape index (κ2) is 10.5. The summed E-state index contributed by atoms with van der Waals surface area (Å²) in [6.45, 7) is 7.63. The second-order valence-corrected chi connectivity index (χ2v) is 6.47. The van der Waals surface area contributed by atoms with Crippen molar-refractivity contribution >= 4 is 12.0 Å². The molecule has 1 saturated heterocycles. The molecule has 7 nitrogen and oxygen atoms in total. The van der Waals surface area contributed by atoms with Gasteiger partial charge in [0.2, 0.25) is 0 Å². The maximum absolute atomic E-state index is 11.2. The molecule has 144 valence electrons. The van der Waals surface area contributed by atoms with Crippen LogP contribution in [-0.2, 0) is 0 Å². The Kier molecular flexibility index (Phi) is 8.05. The maximum atomic E-state index is 11.2. The van der Waals surface area contributed by atoms with Gasteiger partial charge in [-0.3, -0.25) is 4.99 Å². The first-order valence-electron chi connectivity index (χ1n) is 9.37. The summed E-state index contributed by atoms with van der Waals surface area (Å²) < 4.78 is 5.80. The van der Waals surface area contributed by atoms with Crippen molar-refractivity contribution in [3.05, 3.63) is 29.8 Å². The lowest BCUT2D eigenvalue weighted by molar-refractivity contribution is 0.188. The molecule has 4 N–H and O–H groups in total. The Morgan fingerprint density at radius 1 is 1.35 bits per heavy atom. The van der Waals surface area contributed by atoms with Crippen LogP contribution in [0.25, 0.3) is 0 Å². The lowest BCUT2D eigenvalue weighted by atomic mass is 10.1. The average Bonchev–Trinajstić information content (AvgIpc) is 2.63. The van der Waals surface area contributed by atoms with E-state index < -0.39 is 0 Å². The number of benzene rings is 1. The van der Waals surface area contributed by atoms with Crippen LogP contribution in [0.1, 0.15) is 31.7 Å². The number of urea groups is 1. The molecule has 7 heteroatoms. The van der Waals surface area contributed by atoms with E-state index in [9.17, 15) is 4.79 Å². The van der Waals surface area contributed by atoms with Crippen molar-refractivity contribution in [2.45, 2.75) is 39.2 Å². The number of ether oxygens (including phenoxy) is 1. The number of hydrogen-bond donors (Lipinski definition) is 3. The number of likely N-dealkylation sites (tertiary alicyclic amines) is 1. The zero-order chi connectivity index (χ0) is 18.8. The number of piperidine rings is 1. The van der Waals surface area contributed by atoms with Crippen LogP contribution in [0.2, 0.25) is 0 Å². The van der Waals surface area contributed by atoms with Crippen molar-refractivity contribution in [2.24, 2.45) is 10.7 Å². The highest BCUT2D eigenvalue weighted by molar-refractivity contribution is 5.80. The highest BCUT2D eigenvalue weighted by Crippen LogP contribution is 2.16. The van der Waals surface area contributed by atoms with Gasteiger partial charge in [0, 0.05) is 38.6 Å². The number of nitrogens with one attached hydrogen (secondary N) is 2. The molecule has 0 atom stereocenters. The SMILES string of the molecule is CCNC(=NCCCOc1ccccc1C)NC1CCN(C(N)=O)CC1. The van der Waals surface area contributed by atoms with Gasteiger partial charge in [0.25, 0.3) is 0 Å². The number of para-hydroxylation sites is 1. The van der Waals surface area contributed by atoms with Gasteiger partial charge >= 0.3 is 6.03 Å². The molecule has 1 aliphatic heterocycles. The van der Waals surface area contributed by atoms with E-state index >= 15 is 0 Å². The topological polar surface area (TPSA) is 92.0 Å². The molecule has 1 heterocycles. The van der Waals surface area contributed by atoms with Gasteiger partial charge in [-0.2, -0.15) is 0 Å². The first-order chi connectivity index (χ1) is 12.6. The number of amides is 2. The summed E-state index contributed by atoms with van der Waals surface area (Å²) in [6.07, 6.45) is 2.61. The standard InChI is InChI=1S/C19H31N5O2/c1-3-21-19(23-16-9-12-24(13-10-16)18(20)25)22-11-6-14-26-17-8-5-4-7-15(17)2/h4-5,7-8,16H,3,6,9-14H2,1-2H3,(H2,20,25)(H2,21,22,23). The normalized spacial score (nSPS) is 15.6. The van der Waals surface area contributed by atoms with E-state index in [4.69, 9.17) is 10.5 Å². The molecule has 1 aromatic carbocycles. The fourth-order valence-electron chi connectivity index (χ4n) is 2.91. The van der Waals surface area contributed by atoms with Crippen molar-refractivity contribution in [3.8, 4) is 5.75 Å². The number of carbonyl (C=O) groups is 1. The number of hydrogen-bond acceptors (Lipinski definition) is 3. The fraction of sp³-hybridized carbons (Fsp3) is 0.579. The van der Waals surface area contributed by atoms with E-state index in [-0.39, 0.29) is 6.03 Å². The van der Waals surface area contributed by atoms with E-state index in [1.54, 1.807) is 4.90 Å². The number of nitrogens with two attached hydrogens (primary N) is 1. The van der Waals surface area contributed by atoms with Crippen LogP contribution < -0.4 is 21.1 Å². The number of rotatable bonds is 7. The monoisotopic (exact) mass is 361 g/mol. The highest BCUT2D eigenvalue weighted by atomic mass is 16.5. The van der Waals surface area contributed by atoms with Crippen molar-refractivity contribution in [1.29, 1.82) is 0 Å². The lowest BCUT2D eigenvalue weighted by Gasteiger charge is -2.32. The quantitative estimate of drug-likeness (QED) is 0.393. The molecule has 0 unspecified atom stereocenters.